The van der Waals surface area contributed by atoms with Gasteiger partial charge in [0.2, 0.25) is 0 Å². The lowest BCUT2D eigenvalue weighted by Gasteiger charge is -2.20. The molecule has 0 spiro atoms. The maximum atomic E-state index is 13.7. The first-order valence-corrected chi connectivity index (χ1v) is 12.1. The lowest BCUT2D eigenvalue weighted by Crippen LogP contribution is -2.30. The van der Waals surface area contributed by atoms with Crippen LogP contribution in [0.1, 0.15) is 38.2 Å². The number of carbonyl (C=O) groups is 1. The predicted molar refractivity (Wildman–Crippen MR) is 140 cm³/mol. The number of pyridine rings is 1. The molecule has 0 aliphatic heterocycles. The van der Waals surface area contributed by atoms with Gasteiger partial charge in [-0.3, -0.25) is 14.7 Å². The molecule has 3 aromatic carbocycles. The highest BCUT2D eigenvalue weighted by Crippen LogP contribution is 2.33. The molecule has 34 heavy (non-hydrogen) atoms. The van der Waals surface area contributed by atoms with Crippen molar-refractivity contribution in [3.8, 4) is 0 Å². The summed E-state index contributed by atoms with van der Waals surface area (Å²) in [5.74, 6) is -0.0662. The zero-order valence-corrected chi connectivity index (χ0v) is 20.0. The van der Waals surface area contributed by atoms with Gasteiger partial charge in [0, 0.05) is 18.0 Å². The second kappa shape index (κ2) is 9.57. The van der Waals surface area contributed by atoms with Crippen LogP contribution in [0.5, 0.6) is 0 Å². The molecule has 5 aromatic rings. The van der Waals surface area contributed by atoms with Crippen LogP contribution in [-0.2, 0) is 13.0 Å². The summed E-state index contributed by atoms with van der Waals surface area (Å²) in [6.45, 7) is 4.58. The highest BCUT2D eigenvalue weighted by molar-refractivity contribution is 7.22. The van der Waals surface area contributed by atoms with E-state index in [4.69, 9.17) is 4.98 Å². The number of amides is 1. The summed E-state index contributed by atoms with van der Waals surface area (Å²) in [5, 5.41) is 0.700. The van der Waals surface area contributed by atoms with Crippen molar-refractivity contribution in [3.05, 3.63) is 125 Å². The van der Waals surface area contributed by atoms with E-state index in [9.17, 15) is 4.79 Å². The Balaban J connectivity index is 1.47. The van der Waals surface area contributed by atoms with E-state index >= 15 is 0 Å². The smallest absolute Gasteiger partial charge is 0.260 e. The van der Waals surface area contributed by atoms with Crippen molar-refractivity contribution in [2.24, 2.45) is 0 Å². The normalized spacial score (nSPS) is 11.0. The van der Waals surface area contributed by atoms with Gasteiger partial charge in [0.15, 0.2) is 5.13 Å². The number of anilines is 1. The van der Waals surface area contributed by atoms with E-state index in [1.54, 1.807) is 28.6 Å². The Hall–Kier alpha value is -3.83. The number of carbonyl (C=O) groups excluding carboxylic acids is 1. The van der Waals surface area contributed by atoms with Gasteiger partial charge in [-0.15, -0.1) is 0 Å². The minimum absolute atomic E-state index is 0.0662. The molecule has 0 radical (unpaired) electrons. The molecule has 4 nitrogen and oxygen atoms in total. The second-order valence-corrected chi connectivity index (χ2v) is 9.47. The molecule has 5 heteroatoms. The van der Waals surface area contributed by atoms with Crippen molar-refractivity contribution in [2.75, 3.05) is 4.90 Å². The van der Waals surface area contributed by atoms with Crippen molar-refractivity contribution >= 4 is 32.6 Å². The third-order valence-electron chi connectivity index (χ3n) is 6.06. The Labute approximate surface area is 203 Å². The summed E-state index contributed by atoms with van der Waals surface area (Å²) in [6.07, 6.45) is 4.38. The molecule has 0 saturated carbocycles. The van der Waals surface area contributed by atoms with E-state index in [0.717, 1.165) is 27.8 Å². The number of nitrogens with zero attached hydrogens (tertiary/aromatic N) is 3. The summed E-state index contributed by atoms with van der Waals surface area (Å²) in [4.78, 5) is 24.6. The highest BCUT2D eigenvalue weighted by Gasteiger charge is 2.22. The molecule has 0 N–H and O–H groups in total. The first kappa shape index (κ1) is 22.0. The van der Waals surface area contributed by atoms with Gasteiger partial charge in [-0.25, -0.2) is 4.98 Å². The molecular formula is C29H25N3OS. The van der Waals surface area contributed by atoms with Crippen LogP contribution >= 0.6 is 11.3 Å². The lowest BCUT2D eigenvalue weighted by molar-refractivity contribution is 0.0985. The second-order valence-electron chi connectivity index (χ2n) is 8.46. The summed E-state index contributed by atoms with van der Waals surface area (Å²) in [7, 11) is 0. The third-order valence-corrected chi connectivity index (χ3v) is 7.11. The van der Waals surface area contributed by atoms with Crippen LogP contribution < -0.4 is 4.90 Å². The van der Waals surface area contributed by atoms with Crippen molar-refractivity contribution in [1.29, 1.82) is 0 Å². The quantitative estimate of drug-likeness (QED) is 0.280. The fourth-order valence-electron chi connectivity index (χ4n) is 3.98. The molecular weight excluding hydrogens is 438 g/mol. The first-order chi connectivity index (χ1) is 16.6. The number of aryl methyl sites for hydroxylation is 2. The standard InChI is InChI=1S/C29H25N3OS/c1-20-10-15-26-27(21(20)2)31-29(34-26)32(19-24-9-6-16-30-18-24)28(33)25-13-11-23(12-14-25)17-22-7-4-3-5-8-22/h3-16,18H,17,19H2,1-2H3. The number of aromatic nitrogens is 2. The van der Waals surface area contributed by atoms with Crippen LogP contribution in [-0.4, -0.2) is 15.9 Å². The van der Waals surface area contributed by atoms with E-state index in [-0.39, 0.29) is 5.91 Å². The van der Waals surface area contributed by atoms with Gasteiger partial charge in [-0.1, -0.05) is 65.9 Å². The number of benzene rings is 3. The summed E-state index contributed by atoms with van der Waals surface area (Å²) < 4.78 is 1.08. The largest absolute Gasteiger partial charge is 0.279 e. The van der Waals surface area contributed by atoms with Gasteiger partial charge in [0.05, 0.1) is 16.8 Å². The van der Waals surface area contributed by atoms with Crippen molar-refractivity contribution in [3.63, 3.8) is 0 Å². The van der Waals surface area contributed by atoms with E-state index < -0.39 is 0 Å². The molecule has 0 fully saturated rings. The van der Waals surface area contributed by atoms with Crippen LogP contribution in [0, 0.1) is 13.8 Å². The molecule has 0 aliphatic carbocycles. The number of hydrogen-bond acceptors (Lipinski definition) is 4. The van der Waals surface area contributed by atoms with Crippen LogP contribution in [0.15, 0.2) is 91.3 Å². The molecule has 0 saturated heterocycles. The molecule has 5 rings (SSSR count). The van der Waals surface area contributed by atoms with Gasteiger partial charge in [0.25, 0.3) is 5.91 Å². The number of thiazole rings is 1. The van der Waals surface area contributed by atoms with Gasteiger partial charge < -0.3 is 0 Å². The molecule has 2 aromatic heterocycles. The summed E-state index contributed by atoms with van der Waals surface area (Å²) in [5.41, 5.74) is 7.34. The first-order valence-electron chi connectivity index (χ1n) is 11.3. The average Bonchev–Trinajstić information content (AvgIpc) is 3.31. The molecule has 168 valence electrons. The Bertz CT molecular complexity index is 1430. The molecule has 1 amide bonds. The maximum absolute atomic E-state index is 13.7. The number of hydrogen-bond donors (Lipinski definition) is 0. The zero-order valence-electron chi connectivity index (χ0n) is 19.2. The van der Waals surface area contributed by atoms with Crippen LogP contribution in [0.3, 0.4) is 0 Å². The molecule has 0 bridgehead atoms. The van der Waals surface area contributed by atoms with Crippen molar-refractivity contribution < 1.29 is 4.79 Å². The molecule has 0 aliphatic rings. The Morgan fingerprint density at radius 2 is 1.59 bits per heavy atom. The topological polar surface area (TPSA) is 46.1 Å². The van der Waals surface area contributed by atoms with E-state index in [0.29, 0.717) is 17.2 Å². The molecule has 2 heterocycles. The SMILES string of the molecule is Cc1ccc2sc(N(Cc3cccnc3)C(=O)c3ccc(Cc4ccccc4)cc3)nc2c1C. The van der Waals surface area contributed by atoms with E-state index in [1.807, 2.05) is 54.6 Å². The van der Waals surface area contributed by atoms with Gasteiger partial charge >= 0.3 is 0 Å². The molecule has 0 atom stereocenters. The number of rotatable bonds is 6. The van der Waals surface area contributed by atoms with Crippen molar-refractivity contribution in [1.82, 2.24) is 9.97 Å². The van der Waals surface area contributed by atoms with Crippen LogP contribution in [0.2, 0.25) is 0 Å². The van der Waals surface area contributed by atoms with E-state index in [2.05, 4.69) is 43.1 Å². The van der Waals surface area contributed by atoms with Gasteiger partial charge in [-0.2, -0.15) is 0 Å². The lowest BCUT2D eigenvalue weighted by atomic mass is 10.0. The fraction of sp³-hybridized carbons (Fsp3) is 0.138. The van der Waals surface area contributed by atoms with Crippen LogP contribution in [0.4, 0.5) is 5.13 Å². The highest BCUT2D eigenvalue weighted by atomic mass is 32.1. The van der Waals surface area contributed by atoms with Gasteiger partial charge in [-0.05, 0) is 72.4 Å². The zero-order chi connectivity index (χ0) is 23.5. The van der Waals surface area contributed by atoms with Crippen LogP contribution in [0.25, 0.3) is 10.2 Å². The van der Waals surface area contributed by atoms with Crippen molar-refractivity contribution in [2.45, 2.75) is 26.8 Å². The average molecular weight is 464 g/mol. The van der Waals surface area contributed by atoms with Gasteiger partial charge in [0.1, 0.15) is 0 Å². The molecule has 0 unspecified atom stereocenters. The minimum atomic E-state index is -0.0662. The maximum Gasteiger partial charge on any atom is 0.260 e. The summed E-state index contributed by atoms with van der Waals surface area (Å²) in [6, 6.07) is 26.3. The minimum Gasteiger partial charge on any atom is -0.279 e. The Kier molecular flexibility index (Phi) is 6.19. The fourth-order valence-corrected chi connectivity index (χ4v) is 5.01. The Morgan fingerprint density at radius 3 is 2.32 bits per heavy atom. The predicted octanol–water partition coefficient (Wildman–Crippen LogP) is 6.75. The third kappa shape index (κ3) is 4.61. The van der Waals surface area contributed by atoms with E-state index in [1.165, 1.54) is 16.7 Å². The number of fused-ring (bicyclic) bond motifs is 1. The monoisotopic (exact) mass is 463 g/mol. The Morgan fingerprint density at radius 1 is 0.853 bits per heavy atom. The summed E-state index contributed by atoms with van der Waals surface area (Å²) >= 11 is 1.55.